The molecule has 18 heavy (non-hydrogen) atoms. The van der Waals surface area contributed by atoms with Crippen molar-refractivity contribution in [2.24, 2.45) is 0 Å². The van der Waals surface area contributed by atoms with Crippen LogP contribution in [0.4, 0.5) is 0 Å². The Kier molecular flexibility index (Phi) is 4.30. The summed E-state index contributed by atoms with van der Waals surface area (Å²) in [6.45, 7) is 3.29. The Balaban J connectivity index is 1.74. The number of nitrogens with one attached hydrogen (secondary N) is 1. The fourth-order valence-electron chi connectivity index (χ4n) is 1.54. The van der Waals surface area contributed by atoms with Crippen LogP contribution >= 0.6 is 11.3 Å². The zero-order valence-electron chi connectivity index (χ0n) is 10.2. The first kappa shape index (κ1) is 12.6. The zero-order chi connectivity index (χ0) is 12.8. The highest BCUT2D eigenvalue weighted by Crippen LogP contribution is 2.09. The third-order valence-electron chi connectivity index (χ3n) is 2.52. The molecule has 0 bridgehead atoms. The van der Waals surface area contributed by atoms with Crippen LogP contribution < -0.4 is 5.32 Å². The highest BCUT2D eigenvalue weighted by Gasteiger charge is 1.98. The van der Waals surface area contributed by atoms with Gasteiger partial charge in [0.15, 0.2) is 0 Å². The quantitative estimate of drug-likeness (QED) is 0.838. The minimum absolute atomic E-state index is 0.0684. The van der Waals surface area contributed by atoms with Gasteiger partial charge in [0.05, 0.1) is 0 Å². The molecule has 0 fully saturated rings. The highest BCUT2D eigenvalue weighted by molar-refractivity contribution is 7.10. The molecule has 1 amide bonds. The summed E-state index contributed by atoms with van der Waals surface area (Å²) in [5.41, 5.74) is 0. The first-order chi connectivity index (χ1) is 8.75. The Morgan fingerprint density at radius 1 is 1.61 bits per heavy atom. The summed E-state index contributed by atoms with van der Waals surface area (Å²) in [4.78, 5) is 16.7. The number of carbonyl (C=O) groups is 1. The summed E-state index contributed by atoms with van der Waals surface area (Å²) in [6, 6.07) is 3.94. The van der Waals surface area contributed by atoms with E-state index in [0.717, 1.165) is 17.2 Å². The van der Waals surface area contributed by atoms with Gasteiger partial charge in [0.2, 0.25) is 5.91 Å². The summed E-state index contributed by atoms with van der Waals surface area (Å²) in [7, 11) is 0. The number of thiophene rings is 1. The predicted octanol–water partition coefficient (Wildman–Crippen LogP) is 2.08. The van der Waals surface area contributed by atoms with Crippen molar-refractivity contribution in [3.05, 3.63) is 46.7 Å². The van der Waals surface area contributed by atoms with E-state index in [0.29, 0.717) is 6.54 Å². The van der Waals surface area contributed by atoms with Crippen molar-refractivity contribution in [2.45, 2.75) is 13.5 Å². The van der Waals surface area contributed by atoms with Crippen LogP contribution in [0.2, 0.25) is 0 Å². The van der Waals surface area contributed by atoms with Crippen LogP contribution in [-0.4, -0.2) is 22.0 Å². The van der Waals surface area contributed by atoms with Gasteiger partial charge in [0, 0.05) is 36.4 Å². The van der Waals surface area contributed by atoms with Gasteiger partial charge in [-0.2, -0.15) is 0 Å². The molecule has 0 saturated carbocycles. The molecule has 0 aliphatic carbocycles. The summed E-state index contributed by atoms with van der Waals surface area (Å²) >= 11 is 1.61. The lowest BCUT2D eigenvalue weighted by Gasteiger charge is -2.05. The maximum atomic E-state index is 11.5. The number of hydrogen-bond acceptors (Lipinski definition) is 3. The van der Waals surface area contributed by atoms with Crippen molar-refractivity contribution in [2.75, 3.05) is 6.54 Å². The van der Waals surface area contributed by atoms with Gasteiger partial charge in [-0.3, -0.25) is 4.79 Å². The monoisotopic (exact) mass is 261 g/mol. The van der Waals surface area contributed by atoms with Gasteiger partial charge in [-0.25, -0.2) is 4.98 Å². The molecule has 0 aliphatic rings. The second kappa shape index (κ2) is 6.16. The number of aryl methyl sites for hydroxylation is 1. The van der Waals surface area contributed by atoms with Crippen molar-refractivity contribution in [3.8, 4) is 0 Å². The molecule has 2 rings (SSSR count). The van der Waals surface area contributed by atoms with Gasteiger partial charge in [0.25, 0.3) is 0 Å². The van der Waals surface area contributed by atoms with Crippen LogP contribution in [0.1, 0.15) is 10.7 Å². The van der Waals surface area contributed by atoms with Crippen molar-refractivity contribution >= 4 is 23.3 Å². The molecule has 94 valence electrons. The fourth-order valence-corrected chi connectivity index (χ4v) is 2.16. The van der Waals surface area contributed by atoms with Gasteiger partial charge in [-0.1, -0.05) is 6.07 Å². The number of amides is 1. The molecular formula is C13H15N3OS. The average Bonchev–Trinajstić information content (AvgIpc) is 2.99. The molecule has 2 heterocycles. The molecule has 0 unspecified atom stereocenters. The van der Waals surface area contributed by atoms with E-state index in [1.165, 1.54) is 0 Å². The summed E-state index contributed by atoms with van der Waals surface area (Å²) in [5, 5.41) is 4.83. The maximum absolute atomic E-state index is 11.5. The Morgan fingerprint density at radius 2 is 2.50 bits per heavy atom. The van der Waals surface area contributed by atoms with Crippen LogP contribution in [0.15, 0.2) is 36.0 Å². The van der Waals surface area contributed by atoms with E-state index in [4.69, 9.17) is 0 Å². The molecule has 5 heteroatoms. The molecule has 1 N–H and O–H groups in total. The molecule has 0 radical (unpaired) electrons. The lowest BCUT2D eigenvalue weighted by molar-refractivity contribution is -0.116. The first-order valence-electron chi connectivity index (χ1n) is 5.73. The smallest absolute Gasteiger partial charge is 0.244 e. The third-order valence-corrected chi connectivity index (χ3v) is 3.36. The number of rotatable bonds is 5. The standard InChI is InChI=1S/C13H15N3OS/c1-11-14-6-8-16(11)9-7-15-13(17)5-4-12-3-2-10-18-12/h2-6,8,10H,7,9H2,1H3,(H,15,17)/b5-4+. The van der Waals surface area contributed by atoms with Gasteiger partial charge < -0.3 is 9.88 Å². The molecule has 0 saturated heterocycles. The fraction of sp³-hybridized carbons (Fsp3) is 0.231. The molecule has 0 spiro atoms. The Labute approximate surface area is 110 Å². The average molecular weight is 261 g/mol. The zero-order valence-corrected chi connectivity index (χ0v) is 11.0. The Hall–Kier alpha value is -1.88. The van der Waals surface area contributed by atoms with E-state index >= 15 is 0 Å². The van der Waals surface area contributed by atoms with E-state index in [2.05, 4.69) is 10.3 Å². The lowest BCUT2D eigenvalue weighted by atomic mass is 10.4. The number of imidazole rings is 1. The van der Waals surface area contributed by atoms with Crippen LogP contribution in [0, 0.1) is 6.92 Å². The van der Waals surface area contributed by atoms with E-state index in [1.807, 2.05) is 41.3 Å². The topological polar surface area (TPSA) is 46.9 Å². The van der Waals surface area contributed by atoms with Crippen molar-refractivity contribution in [1.82, 2.24) is 14.9 Å². The van der Waals surface area contributed by atoms with Crippen molar-refractivity contribution in [3.63, 3.8) is 0 Å². The number of nitrogens with zero attached hydrogens (tertiary/aromatic N) is 2. The van der Waals surface area contributed by atoms with Gasteiger partial charge in [0.1, 0.15) is 5.82 Å². The second-order valence-electron chi connectivity index (χ2n) is 3.81. The highest BCUT2D eigenvalue weighted by atomic mass is 32.1. The van der Waals surface area contributed by atoms with Crippen molar-refractivity contribution in [1.29, 1.82) is 0 Å². The van der Waals surface area contributed by atoms with E-state index in [-0.39, 0.29) is 5.91 Å². The van der Waals surface area contributed by atoms with Crippen LogP contribution in [0.3, 0.4) is 0 Å². The molecule has 4 nitrogen and oxygen atoms in total. The number of aromatic nitrogens is 2. The van der Waals surface area contributed by atoms with Gasteiger partial charge >= 0.3 is 0 Å². The molecule has 2 aromatic rings. The maximum Gasteiger partial charge on any atom is 0.244 e. The van der Waals surface area contributed by atoms with Crippen LogP contribution in [0.25, 0.3) is 6.08 Å². The lowest BCUT2D eigenvalue weighted by Crippen LogP contribution is -2.25. The summed E-state index contributed by atoms with van der Waals surface area (Å²) in [5.74, 6) is 0.888. The molecule has 0 atom stereocenters. The largest absolute Gasteiger partial charge is 0.351 e. The van der Waals surface area contributed by atoms with Crippen molar-refractivity contribution < 1.29 is 4.79 Å². The van der Waals surface area contributed by atoms with E-state index in [1.54, 1.807) is 23.6 Å². The summed E-state index contributed by atoms with van der Waals surface area (Å²) < 4.78 is 2.00. The van der Waals surface area contributed by atoms with Gasteiger partial charge in [-0.05, 0) is 24.4 Å². The minimum Gasteiger partial charge on any atom is -0.351 e. The second-order valence-corrected chi connectivity index (χ2v) is 4.79. The first-order valence-corrected chi connectivity index (χ1v) is 6.61. The minimum atomic E-state index is -0.0684. The third kappa shape index (κ3) is 3.56. The normalized spacial score (nSPS) is 10.9. The number of carbonyl (C=O) groups excluding carboxylic acids is 1. The Bertz CT molecular complexity index is 528. The van der Waals surface area contributed by atoms with Crippen LogP contribution in [0.5, 0.6) is 0 Å². The SMILES string of the molecule is Cc1nccn1CCNC(=O)/C=C/c1cccs1. The molecule has 2 aromatic heterocycles. The van der Waals surface area contributed by atoms with E-state index < -0.39 is 0 Å². The number of hydrogen-bond donors (Lipinski definition) is 1. The predicted molar refractivity (Wildman–Crippen MR) is 73.3 cm³/mol. The molecular weight excluding hydrogens is 246 g/mol. The molecule has 0 aromatic carbocycles. The van der Waals surface area contributed by atoms with E-state index in [9.17, 15) is 4.79 Å². The summed E-state index contributed by atoms with van der Waals surface area (Å²) in [6.07, 6.45) is 7.05. The Morgan fingerprint density at radius 3 is 3.17 bits per heavy atom. The van der Waals surface area contributed by atoms with Gasteiger partial charge in [-0.15, -0.1) is 11.3 Å². The molecule has 0 aliphatic heterocycles. The van der Waals surface area contributed by atoms with Crippen LogP contribution in [-0.2, 0) is 11.3 Å².